The van der Waals surface area contributed by atoms with Crippen LogP contribution in [-0.2, 0) is 0 Å². The van der Waals surface area contributed by atoms with Crippen molar-refractivity contribution in [1.82, 2.24) is 9.97 Å². The topological polar surface area (TPSA) is 25.8 Å². The van der Waals surface area contributed by atoms with E-state index in [0.717, 1.165) is 17.1 Å². The van der Waals surface area contributed by atoms with Crippen LogP contribution >= 0.6 is 11.8 Å². The zero-order valence-electron chi connectivity index (χ0n) is 7.74. The highest BCUT2D eigenvalue weighted by Crippen LogP contribution is 2.25. The number of thioether (sulfide) groups is 1. The third-order valence-corrected chi connectivity index (χ3v) is 2.71. The number of hydrogen-bond acceptors (Lipinski definition) is 3. The molecule has 1 unspecified atom stereocenters. The van der Waals surface area contributed by atoms with Gasteiger partial charge in [0.2, 0.25) is 0 Å². The Balaban J connectivity index is 2.68. The molecule has 0 aliphatic carbocycles. The minimum Gasteiger partial charge on any atom is -0.258 e. The van der Waals surface area contributed by atoms with Gasteiger partial charge in [-0.1, -0.05) is 6.92 Å². The van der Waals surface area contributed by atoms with Crippen molar-refractivity contribution in [1.29, 1.82) is 0 Å². The van der Waals surface area contributed by atoms with Gasteiger partial charge in [0, 0.05) is 17.6 Å². The van der Waals surface area contributed by atoms with Crippen molar-refractivity contribution in [2.75, 3.05) is 5.75 Å². The maximum Gasteiger partial charge on any atom is 0.0713 e. The van der Waals surface area contributed by atoms with Crippen LogP contribution in [0.5, 0.6) is 0 Å². The Morgan fingerprint density at radius 2 is 2.17 bits per heavy atom. The fraction of sp³-hybridized carbons (Fsp3) is 0.556. The van der Waals surface area contributed by atoms with Gasteiger partial charge in [-0.15, -0.1) is 0 Å². The highest BCUT2D eigenvalue weighted by molar-refractivity contribution is 7.99. The summed E-state index contributed by atoms with van der Waals surface area (Å²) < 4.78 is 0. The molecule has 0 bridgehead atoms. The van der Waals surface area contributed by atoms with Crippen LogP contribution in [0.15, 0.2) is 12.4 Å². The molecule has 0 aliphatic heterocycles. The Morgan fingerprint density at radius 1 is 1.42 bits per heavy atom. The second-order valence-corrected chi connectivity index (χ2v) is 4.30. The average Bonchev–Trinajstić information content (AvgIpc) is 2.06. The van der Waals surface area contributed by atoms with E-state index in [1.807, 2.05) is 31.1 Å². The van der Waals surface area contributed by atoms with E-state index in [-0.39, 0.29) is 0 Å². The molecule has 0 aromatic carbocycles. The Kier molecular flexibility index (Phi) is 3.53. The summed E-state index contributed by atoms with van der Waals surface area (Å²) in [5.74, 6) is 1.12. The zero-order chi connectivity index (χ0) is 8.97. The SMILES string of the molecule is CCSC(C)c1cnc(C)cn1. The lowest BCUT2D eigenvalue weighted by molar-refractivity contribution is 0.957. The number of aromatic nitrogens is 2. The van der Waals surface area contributed by atoms with E-state index >= 15 is 0 Å². The Morgan fingerprint density at radius 3 is 2.67 bits per heavy atom. The van der Waals surface area contributed by atoms with E-state index in [4.69, 9.17) is 0 Å². The molecule has 66 valence electrons. The van der Waals surface area contributed by atoms with Crippen molar-refractivity contribution in [2.24, 2.45) is 0 Å². The zero-order valence-corrected chi connectivity index (χ0v) is 8.56. The van der Waals surface area contributed by atoms with E-state index in [1.165, 1.54) is 0 Å². The molecule has 1 aromatic rings. The van der Waals surface area contributed by atoms with Gasteiger partial charge < -0.3 is 0 Å². The molecule has 12 heavy (non-hydrogen) atoms. The molecule has 0 amide bonds. The molecule has 0 fully saturated rings. The highest BCUT2D eigenvalue weighted by Gasteiger charge is 2.05. The van der Waals surface area contributed by atoms with Crippen LogP contribution in [0.1, 0.15) is 30.5 Å². The molecule has 2 nitrogen and oxygen atoms in total. The lowest BCUT2D eigenvalue weighted by atomic mass is 10.3. The molecule has 1 aromatic heterocycles. The molecule has 1 atom stereocenters. The molecule has 3 heteroatoms. The van der Waals surface area contributed by atoms with Crippen LogP contribution in [0.3, 0.4) is 0 Å². The van der Waals surface area contributed by atoms with E-state index in [1.54, 1.807) is 0 Å². The maximum atomic E-state index is 4.31. The van der Waals surface area contributed by atoms with Gasteiger partial charge in [-0.25, -0.2) is 0 Å². The summed E-state index contributed by atoms with van der Waals surface area (Å²) in [7, 11) is 0. The monoisotopic (exact) mass is 182 g/mol. The molecular weight excluding hydrogens is 168 g/mol. The lowest BCUT2D eigenvalue weighted by Gasteiger charge is -2.07. The fourth-order valence-corrected chi connectivity index (χ4v) is 1.74. The van der Waals surface area contributed by atoms with E-state index in [0.29, 0.717) is 5.25 Å². The van der Waals surface area contributed by atoms with Gasteiger partial charge in [0.05, 0.1) is 11.4 Å². The van der Waals surface area contributed by atoms with Gasteiger partial charge in [-0.05, 0) is 19.6 Å². The predicted octanol–water partition coefficient (Wildman–Crippen LogP) is 2.60. The van der Waals surface area contributed by atoms with E-state index < -0.39 is 0 Å². The normalized spacial score (nSPS) is 12.9. The first kappa shape index (κ1) is 9.52. The summed E-state index contributed by atoms with van der Waals surface area (Å²) in [5, 5.41) is 0.461. The maximum absolute atomic E-state index is 4.31. The number of rotatable bonds is 3. The molecule has 0 N–H and O–H groups in total. The van der Waals surface area contributed by atoms with Crippen LogP contribution in [0.2, 0.25) is 0 Å². The van der Waals surface area contributed by atoms with Crippen LogP contribution in [0.4, 0.5) is 0 Å². The van der Waals surface area contributed by atoms with Crippen molar-refractivity contribution >= 4 is 11.8 Å². The quantitative estimate of drug-likeness (QED) is 0.718. The Hall–Kier alpha value is -0.570. The van der Waals surface area contributed by atoms with Crippen molar-refractivity contribution < 1.29 is 0 Å². The average molecular weight is 182 g/mol. The second kappa shape index (κ2) is 4.45. The van der Waals surface area contributed by atoms with Gasteiger partial charge in [-0.2, -0.15) is 11.8 Å². The summed E-state index contributed by atoms with van der Waals surface area (Å²) >= 11 is 1.89. The van der Waals surface area contributed by atoms with Gasteiger partial charge in [-0.3, -0.25) is 9.97 Å². The minimum atomic E-state index is 0.461. The van der Waals surface area contributed by atoms with Crippen LogP contribution in [0, 0.1) is 6.92 Å². The molecular formula is C9H14N2S. The molecule has 0 radical (unpaired) electrons. The van der Waals surface area contributed by atoms with Gasteiger partial charge in [0.1, 0.15) is 0 Å². The first-order valence-corrected chi connectivity index (χ1v) is 5.19. The summed E-state index contributed by atoms with van der Waals surface area (Å²) in [6.07, 6.45) is 3.69. The predicted molar refractivity (Wildman–Crippen MR) is 53.3 cm³/mol. The summed E-state index contributed by atoms with van der Waals surface area (Å²) in [5.41, 5.74) is 2.06. The van der Waals surface area contributed by atoms with E-state index in [9.17, 15) is 0 Å². The third kappa shape index (κ3) is 2.48. The molecule has 1 heterocycles. The molecule has 0 saturated carbocycles. The Labute approximate surface area is 77.8 Å². The highest BCUT2D eigenvalue weighted by atomic mass is 32.2. The first-order valence-electron chi connectivity index (χ1n) is 4.14. The number of aryl methyl sites for hydroxylation is 1. The van der Waals surface area contributed by atoms with Gasteiger partial charge >= 0.3 is 0 Å². The summed E-state index contributed by atoms with van der Waals surface area (Å²) in [6, 6.07) is 0. The molecule has 1 rings (SSSR count). The number of hydrogen-bond donors (Lipinski definition) is 0. The standard InChI is InChI=1S/C9H14N2S/c1-4-12-8(3)9-6-10-7(2)5-11-9/h5-6,8H,4H2,1-3H3. The summed E-state index contributed by atoms with van der Waals surface area (Å²) in [6.45, 7) is 6.27. The second-order valence-electron chi connectivity index (χ2n) is 2.68. The largest absolute Gasteiger partial charge is 0.258 e. The smallest absolute Gasteiger partial charge is 0.0713 e. The lowest BCUT2D eigenvalue weighted by Crippen LogP contribution is -1.95. The van der Waals surface area contributed by atoms with Crippen molar-refractivity contribution in [3.8, 4) is 0 Å². The van der Waals surface area contributed by atoms with Gasteiger partial charge in [0.25, 0.3) is 0 Å². The molecule has 0 aliphatic rings. The van der Waals surface area contributed by atoms with Crippen molar-refractivity contribution in [3.05, 3.63) is 23.8 Å². The van der Waals surface area contributed by atoms with Crippen LogP contribution in [-0.4, -0.2) is 15.7 Å². The summed E-state index contributed by atoms with van der Waals surface area (Å²) in [4.78, 5) is 8.52. The van der Waals surface area contributed by atoms with Crippen LogP contribution in [0.25, 0.3) is 0 Å². The Bertz CT molecular complexity index is 233. The first-order chi connectivity index (χ1) is 5.74. The van der Waals surface area contributed by atoms with Gasteiger partial charge in [0.15, 0.2) is 0 Å². The van der Waals surface area contributed by atoms with Crippen LogP contribution < -0.4 is 0 Å². The number of nitrogens with zero attached hydrogens (tertiary/aromatic N) is 2. The van der Waals surface area contributed by atoms with Crippen molar-refractivity contribution in [3.63, 3.8) is 0 Å². The van der Waals surface area contributed by atoms with Crippen molar-refractivity contribution in [2.45, 2.75) is 26.0 Å². The molecule has 0 spiro atoms. The minimum absolute atomic E-state index is 0.461. The van der Waals surface area contributed by atoms with E-state index in [2.05, 4.69) is 23.8 Å². The third-order valence-electron chi connectivity index (χ3n) is 1.63. The fourth-order valence-electron chi connectivity index (χ4n) is 0.948. The molecule has 0 saturated heterocycles.